The molecule has 2 aromatic rings. The Labute approximate surface area is 112 Å². The summed E-state index contributed by atoms with van der Waals surface area (Å²) in [5.41, 5.74) is 1.07. The van der Waals surface area contributed by atoms with E-state index in [1.165, 1.54) is 0 Å². The van der Waals surface area contributed by atoms with Gasteiger partial charge in [0, 0.05) is 6.42 Å². The molecule has 19 heavy (non-hydrogen) atoms. The van der Waals surface area contributed by atoms with Gasteiger partial charge in [-0.3, -0.25) is 4.79 Å². The summed E-state index contributed by atoms with van der Waals surface area (Å²) in [7, 11) is 0. The number of carbonyl (C=O) groups is 1. The molecule has 0 aliphatic carbocycles. The minimum absolute atomic E-state index is 0.268. The molecule has 0 heterocycles. The Hall–Kier alpha value is -2.29. The van der Waals surface area contributed by atoms with E-state index in [0.29, 0.717) is 24.5 Å². The maximum atomic E-state index is 11.3. The lowest BCUT2D eigenvalue weighted by atomic mass is 10.2. The van der Waals surface area contributed by atoms with Crippen molar-refractivity contribution in [3.8, 4) is 11.5 Å². The Morgan fingerprint density at radius 1 is 0.947 bits per heavy atom. The highest BCUT2D eigenvalue weighted by Gasteiger charge is 2.08. The van der Waals surface area contributed by atoms with Crippen LogP contribution in [0.4, 0.5) is 0 Å². The van der Waals surface area contributed by atoms with Crippen molar-refractivity contribution in [2.75, 3.05) is 0 Å². The second-order valence-electron chi connectivity index (χ2n) is 4.05. The summed E-state index contributed by atoms with van der Waals surface area (Å²) in [6, 6.07) is 17.0. The lowest BCUT2D eigenvalue weighted by Crippen LogP contribution is -2.07. The van der Waals surface area contributed by atoms with Gasteiger partial charge in [0.1, 0.15) is 6.61 Å². The van der Waals surface area contributed by atoms with Gasteiger partial charge in [0.25, 0.3) is 0 Å². The van der Waals surface area contributed by atoms with E-state index in [1.807, 2.05) is 42.5 Å². The molecule has 0 saturated heterocycles. The Morgan fingerprint density at radius 3 is 2.26 bits per heavy atom. The third-order valence-corrected chi connectivity index (χ3v) is 2.60. The molecule has 0 amide bonds. The number of hydrogen-bond acceptors (Lipinski definition) is 3. The first-order chi connectivity index (χ1) is 9.29. The SMILES string of the molecule is CCC(=O)Oc1ccccc1OCc1ccccc1. The Balaban J connectivity index is 2.05. The fourth-order valence-electron chi connectivity index (χ4n) is 1.58. The van der Waals surface area contributed by atoms with Crippen LogP contribution in [0.1, 0.15) is 18.9 Å². The average molecular weight is 256 g/mol. The zero-order chi connectivity index (χ0) is 13.5. The fraction of sp³-hybridized carbons (Fsp3) is 0.188. The molecule has 0 atom stereocenters. The molecule has 0 fully saturated rings. The zero-order valence-electron chi connectivity index (χ0n) is 10.8. The zero-order valence-corrected chi connectivity index (χ0v) is 10.8. The van der Waals surface area contributed by atoms with Crippen molar-refractivity contribution in [3.63, 3.8) is 0 Å². The summed E-state index contributed by atoms with van der Waals surface area (Å²) in [5, 5.41) is 0. The molecule has 2 rings (SSSR count). The number of ether oxygens (including phenoxy) is 2. The van der Waals surface area contributed by atoms with E-state index in [1.54, 1.807) is 19.1 Å². The van der Waals surface area contributed by atoms with Crippen LogP contribution < -0.4 is 9.47 Å². The summed E-state index contributed by atoms with van der Waals surface area (Å²) in [6.07, 6.45) is 0.340. The highest BCUT2D eigenvalue weighted by atomic mass is 16.6. The van der Waals surface area contributed by atoms with Gasteiger partial charge in [0.15, 0.2) is 11.5 Å². The monoisotopic (exact) mass is 256 g/mol. The largest absolute Gasteiger partial charge is 0.485 e. The fourth-order valence-corrected chi connectivity index (χ4v) is 1.58. The quantitative estimate of drug-likeness (QED) is 0.606. The van der Waals surface area contributed by atoms with Crippen LogP contribution in [-0.2, 0) is 11.4 Å². The predicted octanol–water partition coefficient (Wildman–Crippen LogP) is 3.58. The molecule has 0 aliphatic rings. The van der Waals surface area contributed by atoms with E-state index in [-0.39, 0.29) is 5.97 Å². The molecule has 98 valence electrons. The number of carbonyl (C=O) groups excluding carboxylic acids is 1. The number of benzene rings is 2. The Bertz CT molecular complexity index is 535. The van der Waals surface area contributed by atoms with Gasteiger partial charge in [-0.25, -0.2) is 0 Å². The van der Waals surface area contributed by atoms with Gasteiger partial charge < -0.3 is 9.47 Å². The summed E-state index contributed by atoms with van der Waals surface area (Å²) < 4.78 is 10.9. The van der Waals surface area contributed by atoms with E-state index in [2.05, 4.69) is 0 Å². The predicted molar refractivity (Wildman–Crippen MR) is 73.1 cm³/mol. The molecule has 3 nitrogen and oxygen atoms in total. The Morgan fingerprint density at radius 2 is 1.58 bits per heavy atom. The van der Waals surface area contributed by atoms with Gasteiger partial charge in [-0.2, -0.15) is 0 Å². The highest BCUT2D eigenvalue weighted by Crippen LogP contribution is 2.27. The van der Waals surface area contributed by atoms with E-state index in [0.717, 1.165) is 5.56 Å². The van der Waals surface area contributed by atoms with Crippen LogP contribution in [0.25, 0.3) is 0 Å². The van der Waals surface area contributed by atoms with Crippen molar-refractivity contribution in [3.05, 3.63) is 60.2 Å². The first-order valence-electron chi connectivity index (χ1n) is 6.26. The lowest BCUT2D eigenvalue weighted by Gasteiger charge is -2.11. The topological polar surface area (TPSA) is 35.5 Å². The maximum absolute atomic E-state index is 11.3. The molecule has 0 saturated carbocycles. The summed E-state index contributed by atoms with van der Waals surface area (Å²) >= 11 is 0. The van der Waals surface area contributed by atoms with Crippen LogP contribution in [-0.4, -0.2) is 5.97 Å². The summed E-state index contributed by atoms with van der Waals surface area (Å²) in [4.78, 5) is 11.3. The minimum Gasteiger partial charge on any atom is -0.485 e. The number of esters is 1. The standard InChI is InChI=1S/C16H16O3/c1-2-16(17)19-15-11-7-6-10-14(15)18-12-13-8-4-3-5-9-13/h3-11H,2,12H2,1H3. The molecule has 0 aliphatic heterocycles. The second kappa shape index (κ2) is 6.59. The van der Waals surface area contributed by atoms with E-state index >= 15 is 0 Å². The van der Waals surface area contributed by atoms with Crippen LogP contribution in [0, 0.1) is 0 Å². The van der Waals surface area contributed by atoms with Crippen LogP contribution >= 0.6 is 0 Å². The molecule has 0 spiro atoms. The molecule has 0 bridgehead atoms. The second-order valence-corrected chi connectivity index (χ2v) is 4.05. The van der Waals surface area contributed by atoms with Crippen molar-refractivity contribution in [2.45, 2.75) is 20.0 Å². The normalized spacial score (nSPS) is 9.95. The maximum Gasteiger partial charge on any atom is 0.311 e. The van der Waals surface area contributed by atoms with Gasteiger partial charge in [-0.1, -0.05) is 49.4 Å². The molecular weight excluding hydrogens is 240 g/mol. The van der Waals surface area contributed by atoms with Crippen LogP contribution in [0.2, 0.25) is 0 Å². The van der Waals surface area contributed by atoms with E-state index in [4.69, 9.17) is 9.47 Å². The Kier molecular flexibility index (Phi) is 4.56. The molecule has 0 N–H and O–H groups in total. The minimum atomic E-state index is -0.268. The molecular formula is C16H16O3. The van der Waals surface area contributed by atoms with Gasteiger partial charge in [-0.05, 0) is 17.7 Å². The molecule has 2 aromatic carbocycles. The van der Waals surface area contributed by atoms with Crippen molar-refractivity contribution in [2.24, 2.45) is 0 Å². The lowest BCUT2D eigenvalue weighted by molar-refractivity contribution is -0.134. The smallest absolute Gasteiger partial charge is 0.311 e. The third-order valence-electron chi connectivity index (χ3n) is 2.60. The van der Waals surface area contributed by atoms with Gasteiger partial charge in [0.2, 0.25) is 0 Å². The first kappa shape index (κ1) is 13.1. The summed E-state index contributed by atoms with van der Waals surface area (Å²) in [5.74, 6) is 0.772. The van der Waals surface area contributed by atoms with Crippen molar-refractivity contribution >= 4 is 5.97 Å². The molecule has 3 heteroatoms. The van der Waals surface area contributed by atoms with Crippen LogP contribution in [0.15, 0.2) is 54.6 Å². The van der Waals surface area contributed by atoms with Gasteiger partial charge >= 0.3 is 5.97 Å². The van der Waals surface area contributed by atoms with Crippen LogP contribution in [0.5, 0.6) is 11.5 Å². The number of para-hydroxylation sites is 2. The summed E-state index contributed by atoms with van der Waals surface area (Å²) in [6.45, 7) is 2.21. The first-order valence-corrected chi connectivity index (χ1v) is 6.26. The third kappa shape index (κ3) is 3.85. The number of hydrogen-bond donors (Lipinski definition) is 0. The molecule has 0 aromatic heterocycles. The molecule has 0 radical (unpaired) electrons. The van der Waals surface area contributed by atoms with Crippen molar-refractivity contribution in [1.29, 1.82) is 0 Å². The van der Waals surface area contributed by atoms with Gasteiger partial charge in [0.05, 0.1) is 0 Å². The average Bonchev–Trinajstić information content (AvgIpc) is 2.47. The number of rotatable bonds is 5. The van der Waals surface area contributed by atoms with E-state index < -0.39 is 0 Å². The molecule has 0 unspecified atom stereocenters. The van der Waals surface area contributed by atoms with Crippen molar-refractivity contribution < 1.29 is 14.3 Å². The van der Waals surface area contributed by atoms with Crippen LogP contribution in [0.3, 0.4) is 0 Å². The van der Waals surface area contributed by atoms with Crippen molar-refractivity contribution in [1.82, 2.24) is 0 Å². The highest BCUT2D eigenvalue weighted by molar-refractivity contribution is 5.72. The van der Waals surface area contributed by atoms with E-state index in [9.17, 15) is 4.79 Å². The van der Waals surface area contributed by atoms with Gasteiger partial charge in [-0.15, -0.1) is 0 Å².